The second-order valence-corrected chi connectivity index (χ2v) is 6.82. The number of ether oxygens (including phenoxy) is 1. The fourth-order valence-electron chi connectivity index (χ4n) is 3.57. The molecule has 6 heteroatoms. The first kappa shape index (κ1) is 19.6. The van der Waals surface area contributed by atoms with E-state index < -0.39 is 17.6 Å². The van der Waals surface area contributed by atoms with Crippen LogP contribution in [0.2, 0.25) is 0 Å². The fraction of sp³-hybridized carbons (Fsp3) is 0.318. The first-order valence-corrected chi connectivity index (χ1v) is 9.33. The lowest BCUT2D eigenvalue weighted by Gasteiger charge is -2.33. The van der Waals surface area contributed by atoms with Crippen LogP contribution in [-0.2, 0) is 14.3 Å². The van der Waals surface area contributed by atoms with E-state index in [0.717, 1.165) is 11.1 Å². The molecule has 146 valence electrons. The Hall–Kier alpha value is -3.15. The van der Waals surface area contributed by atoms with Crippen LogP contribution in [0.5, 0.6) is 0 Å². The van der Waals surface area contributed by atoms with Crippen LogP contribution in [0.1, 0.15) is 37.4 Å². The van der Waals surface area contributed by atoms with Crippen molar-refractivity contribution in [1.82, 2.24) is 4.90 Å². The standard InChI is InChI=1S/C22H24N2O4/c1-3-28-18(25)14-15-24-19(16-10-6-4-7-11-16)22(2,21(26)27)23-20(24)17-12-8-5-9-13-17/h4-13,19H,3,14-15H2,1-2H3,(H,26,27). The Morgan fingerprint density at radius 1 is 1.11 bits per heavy atom. The van der Waals surface area contributed by atoms with Crippen LogP contribution in [0.25, 0.3) is 0 Å². The van der Waals surface area contributed by atoms with Crippen molar-refractivity contribution >= 4 is 17.8 Å². The van der Waals surface area contributed by atoms with Gasteiger partial charge in [-0.05, 0) is 19.4 Å². The second-order valence-electron chi connectivity index (χ2n) is 6.82. The predicted octanol–water partition coefficient (Wildman–Crippen LogP) is 3.29. The summed E-state index contributed by atoms with van der Waals surface area (Å²) in [7, 11) is 0. The minimum atomic E-state index is -1.37. The normalized spacial score (nSPS) is 21.3. The summed E-state index contributed by atoms with van der Waals surface area (Å²) in [6.07, 6.45) is 0.152. The average molecular weight is 380 g/mol. The molecule has 3 rings (SSSR count). The highest BCUT2D eigenvalue weighted by molar-refractivity contribution is 6.03. The molecule has 28 heavy (non-hydrogen) atoms. The molecule has 2 aromatic carbocycles. The molecule has 0 aromatic heterocycles. The van der Waals surface area contributed by atoms with Crippen LogP contribution in [0.4, 0.5) is 0 Å². The van der Waals surface area contributed by atoms with Crippen molar-refractivity contribution in [2.24, 2.45) is 4.99 Å². The van der Waals surface area contributed by atoms with Crippen LogP contribution in [-0.4, -0.2) is 46.5 Å². The van der Waals surface area contributed by atoms with Gasteiger partial charge in [0.05, 0.1) is 19.1 Å². The lowest BCUT2D eigenvalue weighted by atomic mass is 9.87. The second kappa shape index (κ2) is 8.25. The SMILES string of the molecule is CCOC(=O)CCN1C(c2ccccc2)=NC(C)(C(=O)O)C1c1ccccc1. The lowest BCUT2D eigenvalue weighted by molar-refractivity contribution is -0.144. The Morgan fingerprint density at radius 3 is 2.29 bits per heavy atom. The van der Waals surface area contributed by atoms with Gasteiger partial charge in [-0.25, -0.2) is 9.79 Å². The van der Waals surface area contributed by atoms with Gasteiger partial charge in [-0.15, -0.1) is 0 Å². The molecule has 0 bridgehead atoms. The van der Waals surface area contributed by atoms with Gasteiger partial charge in [0.2, 0.25) is 0 Å². The summed E-state index contributed by atoms with van der Waals surface area (Å²) in [4.78, 5) is 30.8. The maximum atomic E-state index is 12.2. The number of carboxylic acids is 1. The molecule has 0 fully saturated rings. The molecule has 2 unspecified atom stereocenters. The monoisotopic (exact) mass is 380 g/mol. The number of amidine groups is 1. The van der Waals surface area contributed by atoms with E-state index in [0.29, 0.717) is 19.0 Å². The Balaban J connectivity index is 2.05. The van der Waals surface area contributed by atoms with E-state index in [1.54, 1.807) is 13.8 Å². The lowest BCUT2D eigenvalue weighted by Crippen LogP contribution is -2.44. The average Bonchev–Trinajstić information content (AvgIpc) is 3.02. The summed E-state index contributed by atoms with van der Waals surface area (Å²) in [5, 5.41) is 10.0. The molecular weight excluding hydrogens is 356 g/mol. The molecule has 0 saturated carbocycles. The highest BCUT2D eigenvalue weighted by Crippen LogP contribution is 2.42. The third-order valence-corrected chi connectivity index (χ3v) is 4.90. The van der Waals surface area contributed by atoms with Crippen molar-refractivity contribution in [2.45, 2.75) is 31.8 Å². The minimum Gasteiger partial charge on any atom is -0.479 e. The largest absolute Gasteiger partial charge is 0.479 e. The zero-order valence-corrected chi connectivity index (χ0v) is 16.0. The van der Waals surface area contributed by atoms with Crippen molar-refractivity contribution in [1.29, 1.82) is 0 Å². The van der Waals surface area contributed by atoms with Crippen molar-refractivity contribution in [2.75, 3.05) is 13.2 Å². The van der Waals surface area contributed by atoms with Gasteiger partial charge in [-0.1, -0.05) is 60.7 Å². The maximum absolute atomic E-state index is 12.2. The number of carbonyl (C=O) groups is 2. The first-order chi connectivity index (χ1) is 13.5. The number of nitrogens with zero attached hydrogens (tertiary/aromatic N) is 2. The van der Waals surface area contributed by atoms with Crippen LogP contribution in [0, 0.1) is 0 Å². The molecular formula is C22H24N2O4. The molecule has 1 heterocycles. The fourth-order valence-corrected chi connectivity index (χ4v) is 3.57. The molecule has 1 aliphatic heterocycles. The third kappa shape index (κ3) is 3.76. The van der Waals surface area contributed by atoms with Gasteiger partial charge in [-0.2, -0.15) is 0 Å². The molecule has 2 aromatic rings. The van der Waals surface area contributed by atoms with Crippen molar-refractivity contribution in [3.8, 4) is 0 Å². The summed E-state index contributed by atoms with van der Waals surface area (Å²) >= 11 is 0. The van der Waals surface area contributed by atoms with Gasteiger partial charge in [0.15, 0.2) is 5.54 Å². The number of carbonyl (C=O) groups excluding carboxylic acids is 1. The zero-order valence-electron chi connectivity index (χ0n) is 16.0. The van der Waals surface area contributed by atoms with Gasteiger partial charge in [-0.3, -0.25) is 4.79 Å². The summed E-state index contributed by atoms with van der Waals surface area (Å²) < 4.78 is 5.06. The Bertz CT molecular complexity index is 867. The molecule has 0 spiro atoms. The Labute approximate surface area is 164 Å². The van der Waals surface area contributed by atoms with Crippen LogP contribution in [0.3, 0.4) is 0 Å². The number of esters is 1. The summed E-state index contributed by atoms with van der Waals surface area (Å²) in [6.45, 7) is 4.02. The molecule has 1 aliphatic rings. The maximum Gasteiger partial charge on any atom is 0.333 e. The smallest absolute Gasteiger partial charge is 0.333 e. The van der Waals surface area contributed by atoms with E-state index in [9.17, 15) is 14.7 Å². The summed E-state index contributed by atoms with van der Waals surface area (Å²) in [5.41, 5.74) is 0.282. The molecule has 1 N–H and O–H groups in total. The third-order valence-electron chi connectivity index (χ3n) is 4.90. The van der Waals surface area contributed by atoms with Crippen molar-refractivity contribution in [3.05, 3.63) is 71.8 Å². The zero-order chi connectivity index (χ0) is 20.1. The number of benzene rings is 2. The van der Waals surface area contributed by atoms with Gasteiger partial charge >= 0.3 is 11.9 Å². The van der Waals surface area contributed by atoms with Gasteiger partial charge in [0, 0.05) is 12.1 Å². The van der Waals surface area contributed by atoms with Crippen LogP contribution < -0.4 is 0 Å². The molecule has 0 amide bonds. The number of aliphatic carboxylic acids is 1. The van der Waals surface area contributed by atoms with Crippen molar-refractivity contribution < 1.29 is 19.4 Å². The van der Waals surface area contributed by atoms with E-state index in [1.165, 1.54) is 0 Å². The summed E-state index contributed by atoms with van der Waals surface area (Å²) in [6, 6.07) is 18.4. The number of hydrogen-bond acceptors (Lipinski definition) is 5. The van der Waals surface area contributed by atoms with Crippen LogP contribution >= 0.6 is 0 Å². The van der Waals surface area contributed by atoms with E-state index in [1.807, 2.05) is 65.6 Å². The number of rotatable bonds is 7. The molecule has 0 aliphatic carbocycles. The highest BCUT2D eigenvalue weighted by Gasteiger charge is 2.51. The molecule has 6 nitrogen and oxygen atoms in total. The Kier molecular flexibility index (Phi) is 5.78. The Morgan fingerprint density at radius 2 is 1.71 bits per heavy atom. The summed E-state index contributed by atoms with van der Waals surface area (Å²) in [5.74, 6) is -0.747. The van der Waals surface area contributed by atoms with Crippen LogP contribution in [0.15, 0.2) is 65.7 Å². The van der Waals surface area contributed by atoms with E-state index in [-0.39, 0.29) is 12.4 Å². The molecule has 2 atom stereocenters. The van der Waals surface area contributed by atoms with Gasteiger partial charge < -0.3 is 14.7 Å². The minimum absolute atomic E-state index is 0.152. The topological polar surface area (TPSA) is 79.2 Å². The van der Waals surface area contributed by atoms with Gasteiger partial charge in [0.1, 0.15) is 5.84 Å². The quantitative estimate of drug-likeness (QED) is 0.746. The van der Waals surface area contributed by atoms with Gasteiger partial charge in [0.25, 0.3) is 0 Å². The first-order valence-electron chi connectivity index (χ1n) is 9.33. The van der Waals surface area contributed by atoms with E-state index in [4.69, 9.17) is 4.74 Å². The van der Waals surface area contributed by atoms with Crippen molar-refractivity contribution in [3.63, 3.8) is 0 Å². The molecule has 0 radical (unpaired) electrons. The number of hydrogen-bond donors (Lipinski definition) is 1. The van der Waals surface area contributed by atoms with E-state index >= 15 is 0 Å². The molecule has 0 saturated heterocycles. The number of aliphatic imine (C=N–C) groups is 1. The predicted molar refractivity (Wildman–Crippen MR) is 106 cm³/mol. The van der Waals surface area contributed by atoms with E-state index in [2.05, 4.69) is 4.99 Å². The number of carboxylic acid groups (broad SMARTS) is 1. The highest BCUT2D eigenvalue weighted by atomic mass is 16.5.